The zero-order valence-corrected chi connectivity index (χ0v) is 10.8. The first-order valence-corrected chi connectivity index (χ1v) is 6.35. The van der Waals surface area contributed by atoms with Crippen LogP contribution in [0.3, 0.4) is 0 Å². The van der Waals surface area contributed by atoms with Crippen LogP contribution in [-0.4, -0.2) is 54.2 Å². The van der Waals surface area contributed by atoms with Crippen LogP contribution < -0.4 is 5.73 Å². The topological polar surface area (TPSA) is 92.9 Å². The molecule has 1 heterocycles. The third-order valence-corrected chi connectivity index (χ3v) is 3.25. The van der Waals surface area contributed by atoms with Crippen LogP contribution in [0.4, 0.5) is 0 Å². The smallest absolute Gasteiger partial charge is 0.326 e. The van der Waals surface area contributed by atoms with E-state index in [9.17, 15) is 9.59 Å². The molecule has 0 radical (unpaired) electrons. The number of hydrogen-bond donors (Lipinski definition) is 2. The number of aliphatic carboxylic acids is 1. The summed E-state index contributed by atoms with van der Waals surface area (Å²) in [6.07, 6.45) is 3.44. The number of carbonyl (C=O) groups is 2. The number of amides is 1. The second-order valence-corrected chi connectivity index (χ2v) is 4.62. The molecule has 0 aromatic carbocycles. The summed E-state index contributed by atoms with van der Waals surface area (Å²) in [5.74, 6) is -1.19. The van der Waals surface area contributed by atoms with Crippen LogP contribution in [0.1, 0.15) is 32.1 Å². The van der Waals surface area contributed by atoms with E-state index in [2.05, 4.69) is 0 Å². The molecule has 0 aliphatic carbocycles. The molecule has 1 saturated heterocycles. The lowest BCUT2D eigenvalue weighted by atomic mass is 10.0. The number of carboxylic acids is 1. The maximum atomic E-state index is 12.1. The Kier molecular flexibility index (Phi) is 6.07. The molecule has 6 nitrogen and oxygen atoms in total. The van der Waals surface area contributed by atoms with Crippen LogP contribution >= 0.6 is 0 Å². The molecular weight excluding hydrogens is 236 g/mol. The average Bonchev–Trinajstić information content (AvgIpc) is 2.38. The molecule has 2 atom stereocenters. The highest BCUT2D eigenvalue weighted by atomic mass is 16.5. The number of carbonyl (C=O) groups excluding carboxylic acids is 1. The van der Waals surface area contributed by atoms with E-state index in [0.29, 0.717) is 32.4 Å². The molecule has 0 aromatic heterocycles. The summed E-state index contributed by atoms with van der Waals surface area (Å²) in [5, 5.41) is 9.10. The van der Waals surface area contributed by atoms with E-state index in [1.807, 2.05) is 0 Å². The third-order valence-electron chi connectivity index (χ3n) is 3.25. The van der Waals surface area contributed by atoms with Crippen molar-refractivity contribution in [3.05, 3.63) is 0 Å². The second-order valence-electron chi connectivity index (χ2n) is 4.62. The van der Waals surface area contributed by atoms with Crippen molar-refractivity contribution in [2.75, 3.05) is 20.3 Å². The molecule has 104 valence electrons. The summed E-state index contributed by atoms with van der Waals surface area (Å²) < 4.78 is 4.90. The van der Waals surface area contributed by atoms with Gasteiger partial charge in [0.25, 0.3) is 0 Å². The maximum absolute atomic E-state index is 12.1. The number of carboxylic acid groups (broad SMARTS) is 1. The van der Waals surface area contributed by atoms with Crippen LogP contribution in [0.5, 0.6) is 0 Å². The van der Waals surface area contributed by atoms with Gasteiger partial charge in [0.1, 0.15) is 6.04 Å². The van der Waals surface area contributed by atoms with Gasteiger partial charge in [-0.15, -0.1) is 0 Å². The largest absolute Gasteiger partial charge is 0.480 e. The van der Waals surface area contributed by atoms with Gasteiger partial charge >= 0.3 is 5.97 Å². The number of rotatable bonds is 6. The van der Waals surface area contributed by atoms with Crippen molar-refractivity contribution in [2.24, 2.45) is 5.73 Å². The van der Waals surface area contributed by atoms with E-state index in [1.165, 1.54) is 4.90 Å². The standard InChI is InChI=1S/C12H22N2O4/c1-18-8-4-5-9(13)11(15)14-7-3-2-6-10(14)12(16)17/h9-10H,2-8,13H2,1H3,(H,16,17). The van der Waals surface area contributed by atoms with Crippen LogP contribution in [0, 0.1) is 0 Å². The molecule has 1 fully saturated rings. The molecule has 0 aromatic rings. The summed E-state index contributed by atoms with van der Waals surface area (Å²) >= 11 is 0. The fourth-order valence-corrected chi connectivity index (χ4v) is 2.24. The lowest BCUT2D eigenvalue weighted by Gasteiger charge is -2.34. The van der Waals surface area contributed by atoms with Gasteiger partial charge in [-0.25, -0.2) is 4.79 Å². The minimum atomic E-state index is -0.938. The number of methoxy groups -OCH3 is 1. The summed E-state index contributed by atoms with van der Waals surface area (Å²) in [5.41, 5.74) is 5.81. The zero-order chi connectivity index (χ0) is 13.5. The number of nitrogens with zero attached hydrogens (tertiary/aromatic N) is 1. The first-order valence-electron chi connectivity index (χ1n) is 6.35. The SMILES string of the molecule is COCCCC(N)C(=O)N1CCCCC1C(=O)O. The fraction of sp³-hybridized carbons (Fsp3) is 0.833. The summed E-state index contributed by atoms with van der Waals surface area (Å²) in [7, 11) is 1.60. The Morgan fingerprint density at radius 2 is 2.22 bits per heavy atom. The zero-order valence-electron chi connectivity index (χ0n) is 10.8. The van der Waals surface area contributed by atoms with Crippen LogP contribution in [0.15, 0.2) is 0 Å². The van der Waals surface area contributed by atoms with Crippen molar-refractivity contribution >= 4 is 11.9 Å². The molecule has 2 unspecified atom stereocenters. The maximum Gasteiger partial charge on any atom is 0.326 e. The molecule has 6 heteroatoms. The summed E-state index contributed by atoms with van der Waals surface area (Å²) in [6, 6.07) is -1.33. The fourth-order valence-electron chi connectivity index (χ4n) is 2.24. The molecule has 1 rings (SSSR count). The minimum absolute atomic E-state index is 0.252. The molecular formula is C12H22N2O4. The number of ether oxygens (including phenoxy) is 1. The molecule has 3 N–H and O–H groups in total. The van der Waals surface area contributed by atoms with Crippen molar-refractivity contribution in [1.29, 1.82) is 0 Å². The van der Waals surface area contributed by atoms with Crippen molar-refractivity contribution < 1.29 is 19.4 Å². The van der Waals surface area contributed by atoms with Crippen molar-refractivity contribution in [1.82, 2.24) is 4.90 Å². The normalized spacial score (nSPS) is 21.7. The van der Waals surface area contributed by atoms with Crippen LogP contribution in [-0.2, 0) is 14.3 Å². The average molecular weight is 258 g/mol. The van der Waals surface area contributed by atoms with Gasteiger partial charge in [0.05, 0.1) is 6.04 Å². The highest BCUT2D eigenvalue weighted by Crippen LogP contribution is 2.18. The lowest BCUT2D eigenvalue weighted by Crippen LogP contribution is -2.53. The van der Waals surface area contributed by atoms with Gasteiger partial charge in [-0.05, 0) is 32.1 Å². The first-order chi connectivity index (χ1) is 8.57. The summed E-state index contributed by atoms with van der Waals surface area (Å²) in [6.45, 7) is 1.05. The van der Waals surface area contributed by atoms with E-state index in [0.717, 1.165) is 12.8 Å². The van der Waals surface area contributed by atoms with E-state index in [1.54, 1.807) is 7.11 Å². The molecule has 1 aliphatic rings. The third kappa shape index (κ3) is 3.96. The van der Waals surface area contributed by atoms with E-state index in [-0.39, 0.29) is 5.91 Å². The Morgan fingerprint density at radius 3 is 2.83 bits per heavy atom. The Labute approximate surface area is 107 Å². The highest BCUT2D eigenvalue weighted by Gasteiger charge is 2.33. The van der Waals surface area contributed by atoms with Gasteiger partial charge in [0, 0.05) is 20.3 Å². The number of hydrogen-bond acceptors (Lipinski definition) is 4. The number of nitrogens with two attached hydrogens (primary N) is 1. The predicted molar refractivity (Wildman–Crippen MR) is 66.1 cm³/mol. The highest BCUT2D eigenvalue weighted by molar-refractivity contribution is 5.87. The van der Waals surface area contributed by atoms with Gasteiger partial charge < -0.3 is 20.5 Å². The molecule has 1 amide bonds. The monoisotopic (exact) mass is 258 g/mol. The Morgan fingerprint density at radius 1 is 1.50 bits per heavy atom. The predicted octanol–water partition coefficient (Wildman–Crippen LogP) is 0.206. The Hall–Kier alpha value is -1.14. The van der Waals surface area contributed by atoms with E-state index in [4.69, 9.17) is 15.6 Å². The number of piperidine rings is 1. The van der Waals surface area contributed by atoms with Crippen LogP contribution in [0.25, 0.3) is 0 Å². The van der Waals surface area contributed by atoms with E-state index >= 15 is 0 Å². The molecule has 18 heavy (non-hydrogen) atoms. The lowest BCUT2D eigenvalue weighted by molar-refractivity contribution is -0.152. The Bertz CT molecular complexity index is 296. The van der Waals surface area contributed by atoms with Gasteiger partial charge in [-0.3, -0.25) is 4.79 Å². The van der Waals surface area contributed by atoms with E-state index < -0.39 is 18.1 Å². The van der Waals surface area contributed by atoms with Crippen LogP contribution in [0.2, 0.25) is 0 Å². The van der Waals surface area contributed by atoms with Gasteiger partial charge in [0.2, 0.25) is 5.91 Å². The minimum Gasteiger partial charge on any atom is -0.480 e. The molecule has 0 spiro atoms. The Balaban J connectivity index is 2.54. The summed E-state index contributed by atoms with van der Waals surface area (Å²) in [4.78, 5) is 24.6. The molecule has 0 bridgehead atoms. The second kappa shape index (κ2) is 7.33. The van der Waals surface area contributed by atoms with Gasteiger partial charge in [0.15, 0.2) is 0 Å². The van der Waals surface area contributed by atoms with Crippen molar-refractivity contribution in [3.63, 3.8) is 0 Å². The van der Waals surface area contributed by atoms with Gasteiger partial charge in [-0.1, -0.05) is 0 Å². The number of likely N-dealkylation sites (tertiary alicyclic amines) is 1. The quantitative estimate of drug-likeness (QED) is 0.664. The first kappa shape index (κ1) is 14.9. The van der Waals surface area contributed by atoms with Gasteiger partial charge in [-0.2, -0.15) is 0 Å². The van der Waals surface area contributed by atoms with Crippen molar-refractivity contribution in [3.8, 4) is 0 Å². The van der Waals surface area contributed by atoms with Crippen molar-refractivity contribution in [2.45, 2.75) is 44.2 Å². The molecule has 1 aliphatic heterocycles. The molecule has 0 saturated carbocycles.